The minimum absolute atomic E-state index is 0.0252. The van der Waals surface area contributed by atoms with Crippen molar-refractivity contribution in [3.8, 4) is 0 Å². The fraction of sp³-hybridized carbons (Fsp3) is 0.522. The van der Waals surface area contributed by atoms with Crippen LogP contribution in [0.5, 0.6) is 0 Å². The lowest BCUT2D eigenvalue weighted by molar-refractivity contribution is 0.00850. The highest BCUT2D eigenvalue weighted by molar-refractivity contribution is 5.79. The number of aryl methyl sites for hydroxylation is 1. The van der Waals surface area contributed by atoms with Crippen molar-refractivity contribution in [3.63, 3.8) is 0 Å². The van der Waals surface area contributed by atoms with Crippen molar-refractivity contribution < 1.29 is 18.3 Å². The molecule has 2 saturated carbocycles. The van der Waals surface area contributed by atoms with Gasteiger partial charge in [-0.3, -0.25) is 9.13 Å². The number of fused-ring (bicyclic) bond motifs is 1. The maximum absolute atomic E-state index is 13.4. The Morgan fingerprint density at radius 2 is 1.92 bits per heavy atom. The maximum Gasteiger partial charge on any atom is 0.404 e. The predicted molar refractivity (Wildman–Crippen MR) is 131 cm³/mol. The van der Waals surface area contributed by atoms with E-state index >= 15 is 0 Å². The molecule has 0 spiro atoms. The number of halogens is 2. The number of rotatable bonds is 5. The van der Waals surface area contributed by atoms with Gasteiger partial charge in [0.1, 0.15) is 11.6 Å². The number of hydrogen-bond donors (Lipinski definition) is 3. The fourth-order valence-electron chi connectivity index (χ4n) is 4.73. The number of imidazole rings is 1. The highest BCUT2D eigenvalue weighted by atomic mass is 19.3. The molecule has 0 aliphatic heterocycles. The zero-order valence-electron chi connectivity index (χ0n) is 20.2. The lowest BCUT2D eigenvalue weighted by atomic mass is 10.2. The summed E-state index contributed by atoms with van der Waals surface area (Å²) in [6.07, 6.45) is 6.85. The highest BCUT2D eigenvalue weighted by Gasteiger charge is 2.39. The van der Waals surface area contributed by atoms with Crippen molar-refractivity contribution in [1.82, 2.24) is 24.1 Å². The van der Waals surface area contributed by atoms with Crippen LogP contribution < -0.4 is 22.1 Å². The number of anilines is 3. The summed E-state index contributed by atoms with van der Waals surface area (Å²) in [5.41, 5.74) is 6.04. The van der Waals surface area contributed by atoms with Gasteiger partial charge in [0.2, 0.25) is 11.9 Å². The van der Waals surface area contributed by atoms with Gasteiger partial charge in [0.15, 0.2) is 0 Å². The van der Waals surface area contributed by atoms with Gasteiger partial charge in [-0.15, -0.1) is 0 Å². The smallest absolute Gasteiger partial charge is 0.404 e. The van der Waals surface area contributed by atoms with E-state index in [0.29, 0.717) is 24.0 Å². The largest absolute Gasteiger partial charge is 0.453 e. The number of carbonyl (C=O) groups is 1. The number of aromatic nitrogens is 5. The quantitative estimate of drug-likeness (QED) is 0.478. The molecule has 5 rings (SSSR count). The van der Waals surface area contributed by atoms with E-state index in [9.17, 15) is 18.4 Å². The summed E-state index contributed by atoms with van der Waals surface area (Å²) in [5, 5.41) is 6.15. The second kappa shape index (κ2) is 10.5. The molecule has 3 aromatic rings. The number of ether oxygens (including phenoxy) is 1. The van der Waals surface area contributed by atoms with Gasteiger partial charge in [-0.2, -0.15) is 4.98 Å². The van der Waals surface area contributed by atoms with Crippen LogP contribution in [-0.2, 0) is 11.8 Å². The van der Waals surface area contributed by atoms with Crippen LogP contribution in [0.3, 0.4) is 0 Å². The molecule has 0 aromatic carbocycles. The first-order valence-corrected chi connectivity index (χ1v) is 11.8. The zero-order valence-corrected chi connectivity index (χ0v) is 20.2. The molecular formula is C23H30F2N8O3. The van der Waals surface area contributed by atoms with Crippen LogP contribution in [-0.4, -0.2) is 49.3 Å². The minimum Gasteiger partial charge on any atom is -0.453 e. The van der Waals surface area contributed by atoms with Crippen molar-refractivity contribution in [1.29, 1.82) is 0 Å². The first kappa shape index (κ1) is 25.3. The van der Waals surface area contributed by atoms with Gasteiger partial charge in [0, 0.05) is 44.2 Å². The topological polar surface area (TPSA) is 142 Å². The molecule has 2 fully saturated rings. The van der Waals surface area contributed by atoms with Gasteiger partial charge >= 0.3 is 11.8 Å². The van der Waals surface area contributed by atoms with E-state index in [4.69, 9.17) is 0 Å². The van der Waals surface area contributed by atoms with E-state index in [1.54, 1.807) is 30.1 Å². The number of nitrogens with zero attached hydrogens (tertiary/aromatic N) is 5. The molecule has 1 amide bonds. The standard InChI is InChI=1S/C21H25F2N7O.C2H5NO2/c1-29-16-12-25-18(10-15(16)30(20(29)31)14-4-2-3-5-14)27-17-7-9-24-19(28-17)26-13-6-8-21(22,23)11-13;1-5-2(3)4/h7,9-10,12-14H,2-6,8,11H2,1H3,(H2,24,25,26,27,28);1H3,(H2,3,4). The number of hydrogen-bond acceptors (Lipinski definition) is 8. The van der Waals surface area contributed by atoms with Gasteiger partial charge in [-0.1, -0.05) is 12.8 Å². The number of carbonyl (C=O) groups excluding carboxylic acids is 1. The van der Waals surface area contributed by atoms with Crippen LogP contribution in [0.2, 0.25) is 0 Å². The molecule has 0 bridgehead atoms. The Labute approximate surface area is 206 Å². The molecular weight excluding hydrogens is 474 g/mol. The Balaban J connectivity index is 0.000000556. The molecule has 0 saturated heterocycles. The Morgan fingerprint density at radius 1 is 1.19 bits per heavy atom. The van der Waals surface area contributed by atoms with Crippen LogP contribution in [0.4, 0.5) is 31.2 Å². The van der Waals surface area contributed by atoms with E-state index in [0.717, 1.165) is 36.7 Å². The number of methoxy groups -OCH3 is 1. The maximum atomic E-state index is 13.4. The Hall–Kier alpha value is -3.77. The predicted octanol–water partition coefficient (Wildman–Crippen LogP) is 3.69. The summed E-state index contributed by atoms with van der Waals surface area (Å²) in [4.78, 5) is 35.1. The van der Waals surface area contributed by atoms with Crippen molar-refractivity contribution in [2.75, 3.05) is 17.7 Å². The molecule has 3 aromatic heterocycles. The first-order valence-electron chi connectivity index (χ1n) is 11.8. The number of pyridine rings is 1. The van der Waals surface area contributed by atoms with Gasteiger partial charge in [-0.05, 0) is 25.3 Å². The molecule has 1 unspecified atom stereocenters. The van der Waals surface area contributed by atoms with Crippen LogP contribution in [0, 0.1) is 0 Å². The second-order valence-corrected chi connectivity index (χ2v) is 9.06. The van der Waals surface area contributed by atoms with Crippen LogP contribution in [0.1, 0.15) is 51.0 Å². The van der Waals surface area contributed by atoms with Crippen molar-refractivity contribution >= 4 is 34.7 Å². The van der Waals surface area contributed by atoms with E-state index in [1.165, 1.54) is 7.11 Å². The molecule has 3 heterocycles. The number of amides is 1. The lowest BCUT2D eigenvalue weighted by Crippen LogP contribution is -2.24. The molecule has 1 atom stereocenters. The third-order valence-corrected chi connectivity index (χ3v) is 6.52. The summed E-state index contributed by atoms with van der Waals surface area (Å²) in [6, 6.07) is 3.42. The summed E-state index contributed by atoms with van der Waals surface area (Å²) >= 11 is 0. The number of nitrogens with two attached hydrogens (primary N) is 1. The van der Waals surface area contributed by atoms with Crippen molar-refractivity contribution in [2.45, 2.75) is 63.0 Å². The average molecular weight is 505 g/mol. The van der Waals surface area contributed by atoms with E-state index in [2.05, 4.69) is 36.1 Å². The lowest BCUT2D eigenvalue weighted by Gasteiger charge is -2.14. The van der Waals surface area contributed by atoms with Gasteiger partial charge in [0.05, 0.1) is 24.3 Å². The number of alkyl halides is 2. The van der Waals surface area contributed by atoms with Gasteiger partial charge in [0.25, 0.3) is 0 Å². The monoisotopic (exact) mass is 504 g/mol. The molecule has 4 N–H and O–H groups in total. The van der Waals surface area contributed by atoms with E-state index in [-0.39, 0.29) is 30.6 Å². The van der Waals surface area contributed by atoms with Crippen LogP contribution in [0.25, 0.3) is 11.0 Å². The third kappa shape index (κ3) is 5.71. The number of nitrogens with one attached hydrogen (secondary N) is 2. The summed E-state index contributed by atoms with van der Waals surface area (Å²) in [6.45, 7) is 0. The zero-order chi connectivity index (χ0) is 25.9. The van der Waals surface area contributed by atoms with E-state index < -0.39 is 12.0 Å². The molecule has 2 aliphatic carbocycles. The van der Waals surface area contributed by atoms with Gasteiger partial charge in [-0.25, -0.2) is 28.3 Å². The average Bonchev–Trinajstić information content (AvgIpc) is 3.54. The van der Waals surface area contributed by atoms with Gasteiger partial charge < -0.3 is 21.1 Å². The Bertz CT molecular complexity index is 1290. The number of primary amides is 1. The van der Waals surface area contributed by atoms with Crippen LogP contribution in [0.15, 0.2) is 29.3 Å². The normalized spacial score (nSPS) is 19.1. The van der Waals surface area contributed by atoms with E-state index in [1.807, 2.05) is 10.6 Å². The molecule has 194 valence electrons. The minimum atomic E-state index is -2.63. The molecule has 13 heteroatoms. The SMILES string of the molecule is COC(N)=O.Cn1c(=O)n(C2CCCC2)c2cc(Nc3ccnc(NC4CCC(F)(F)C4)n3)ncc21. The first-order chi connectivity index (χ1) is 17.2. The van der Waals surface area contributed by atoms with Crippen molar-refractivity contribution in [3.05, 3.63) is 35.0 Å². The molecule has 2 aliphatic rings. The molecule has 0 radical (unpaired) electrons. The second-order valence-electron chi connectivity index (χ2n) is 9.06. The molecule has 36 heavy (non-hydrogen) atoms. The molecule has 11 nitrogen and oxygen atoms in total. The Kier molecular flexibility index (Phi) is 7.36. The summed E-state index contributed by atoms with van der Waals surface area (Å²) < 4.78 is 34.3. The fourth-order valence-corrected chi connectivity index (χ4v) is 4.73. The summed E-state index contributed by atoms with van der Waals surface area (Å²) in [7, 11) is 2.99. The van der Waals surface area contributed by atoms with Crippen LogP contribution >= 0.6 is 0 Å². The van der Waals surface area contributed by atoms with Crippen molar-refractivity contribution in [2.24, 2.45) is 12.8 Å². The third-order valence-electron chi connectivity index (χ3n) is 6.52. The summed E-state index contributed by atoms with van der Waals surface area (Å²) in [5.74, 6) is -1.27. The Morgan fingerprint density at radius 3 is 2.56 bits per heavy atom. The highest BCUT2D eigenvalue weighted by Crippen LogP contribution is 2.36.